The fraction of sp³-hybridized carbons (Fsp3) is 0.750. The number of hydrogen-bond acceptors (Lipinski definition) is 3. The highest BCUT2D eigenvalue weighted by molar-refractivity contribution is 6.06. The highest BCUT2D eigenvalue weighted by atomic mass is 16.5. The normalized spacial score (nSPS) is 16.4. The summed E-state index contributed by atoms with van der Waals surface area (Å²) in [6, 6.07) is 0. The van der Waals surface area contributed by atoms with Crippen molar-refractivity contribution in [3.63, 3.8) is 0 Å². The van der Waals surface area contributed by atoms with Crippen LogP contribution in [-0.4, -0.2) is 17.9 Å². The molecule has 0 N–H and O–H groups in total. The average Bonchev–Trinajstić information content (AvgIpc) is 3.14. The Kier molecular flexibility index (Phi) is 6.53. The zero-order valence-corrected chi connectivity index (χ0v) is 12.1. The number of ether oxygens (including phenoxy) is 1. The zero-order valence-electron chi connectivity index (χ0n) is 12.1. The molecule has 1 fully saturated rings. The molecule has 0 aromatic heterocycles. The molecule has 3 heteroatoms. The second kappa shape index (κ2) is 7.66. The van der Waals surface area contributed by atoms with Crippen LogP contribution < -0.4 is 0 Å². The number of carbonyl (C=O) groups excluding carboxylic acids is 2. The zero-order chi connectivity index (χ0) is 14.3. The Morgan fingerprint density at radius 2 is 1.68 bits per heavy atom. The van der Waals surface area contributed by atoms with Crippen molar-refractivity contribution in [2.24, 2.45) is 5.41 Å². The summed E-state index contributed by atoms with van der Waals surface area (Å²) in [5.41, 5.74) is -0.836. The third-order valence-corrected chi connectivity index (χ3v) is 3.71. The molecule has 0 aromatic rings. The molecule has 0 saturated heterocycles. The van der Waals surface area contributed by atoms with E-state index in [1.807, 2.05) is 0 Å². The lowest BCUT2D eigenvalue weighted by atomic mass is 9.96. The standard InChI is InChI=1S/C16H26O3/c1-4-5-6-7-8-9-10-14(17)16(11-12-16)15(18)19-13(2)3/h13H,2-12H2,1H3. The lowest BCUT2D eigenvalue weighted by Gasteiger charge is -2.15. The second-order valence-corrected chi connectivity index (χ2v) is 5.55. The van der Waals surface area contributed by atoms with E-state index < -0.39 is 17.5 Å². The van der Waals surface area contributed by atoms with E-state index in [2.05, 4.69) is 20.8 Å². The van der Waals surface area contributed by atoms with Crippen molar-refractivity contribution in [2.75, 3.05) is 0 Å². The quantitative estimate of drug-likeness (QED) is 0.344. The molecule has 1 aliphatic rings. The molecule has 1 aliphatic carbocycles. The molecule has 0 unspecified atom stereocenters. The minimum atomic E-state index is -0.836. The monoisotopic (exact) mass is 266 g/mol. The van der Waals surface area contributed by atoms with Gasteiger partial charge in [0.15, 0.2) is 0 Å². The number of ketones is 1. The van der Waals surface area contributed by atoms with E-state index in [9.17, 15) is 9.59 Å². The summed E-state index contributed by atoms with van der Waals surface area (Å²) < 4.78 is 4.98. The van der Waals surface area contributed by atoms with Crippen molar-refractivity contribution in [3.8, 4) is 0 Å². The maximum Gasteiger partial charge on any atom is 0.319 e. The topological polar surface area (TPSA) is 43.4 Å². The maximum atomic E-state index is 12.1. The maximum absolute atomic E-state index is 12.1. The molecule has 108 valence electrons. The van der Waals surface area contributed by atoms with E-state index in [0.717, 1.165) is 12.8 Å². The Labute approximate surface area is 117 Å². The lowest BCUT2D eigenvalue weighted by Crippen LogP contribution is -2.29. The van der Waals surface area contributed by atoms with Crippen LogP contribution in [0.4, 0.5) is 0 Å². The Balaban J connectivity index is 2.23. The molecule has 0 heterocycles. The third-order valence-electron chi connectivity index (χ3n) is 3.71. The van der Waals surface area contributed by atoms with Gasteiger partial charge in [0.05, 0.1) is 0 Å². The molecule has 19 heavy (non-hydrogen) atoms. The number of esters is 1. The van der Waals surface area contributed by atoms with Gasteiger partial charge in [0.1, 0.15) is 17.3 Å². The van der Waals surface area contributed by atoms with Crippen LogP contribution in [0.5, 0.6) is 0 Å². The van der Waals surface area contributed by atoms with Gasteiger partial charge in [0, 0.05) is 6.42 Å². The van der Waals surface area contributed by atoms with Gasteiger partial charge in [-0.3, -0.25) is 9.59 Å². The highest BCUT2D eigenvalue weighted by Crippen LogP contribution is 2.48. The van der Waals surface area contributed by atoms with Crippen LogP contribution in [0.2, 0.25) is 0 Å². The Morgan fingerprint density at radius 3 is 2.21 bits per heavy atom. The molecule has 0 atom stereocenters. The first-order chi connectivity index (χ1) is 9.03. The summed E-state index contributed by atoms with van der Waals surface area (Å²) in [6.45, 7) is 9.22. The molecular weight excluding hydrogens is 240 g/mol. The van der Waals surface area contributed by atoms with Gasteiger partial charge >= 0.3 is 5.97 Å². The molecule has 2 radical (unpaired) electrons. The van der Waals surface area contributed by atoms with Crippen molar-refractivity contribution in [2.45, 2.75) is 70.8 Å². The van der Waals surface area contributed by atoms with Crippen LogP contribution in [0, 0.1) is 19.3 Å². The largest absolute Gasteiger partial charge is 0.462 e. The van der Waals surface area contributed by atoms with Crippen LogP contribution in [-0.2, 0) is 14.3 Å². The minimum absolute atomic E-state index is 0.0497. The summed E-state index contributed by atoms with van der Waals surface area (Å²) in [7, 11) is 0. The number of hydrogen-bond donors (Lipinski definition) is 0. The molecule has 0 bridgehead atoms. The highest BCUT2D eigenvalue weighted by Gasteiger charge is 2.57. The summed E-state index contributed by atoms with van der Waals surface area (Å²) in [4.78, 5) is 23.9. The first-order valence-electron chi connectivity index (χ1n) is 7.43. The minimum Gasteiger partial charge on any atom is -0.462 e. The van der Waals surface area contributed by atoms with Crippen LogP contribution in [0.1, 0.15) is 64.7 Å². The number of Topliss-reactive ketones (excluding diaryl/α,β-unsaturated/α-hetero) is 1. The summed E-state index contributed by atoms with van der Waals surface area (Å²) in [6.07, 6.45) is 8.00. The summed E-state index contributed by atoms with van der Waals surface area (Å²) in [5, 5.41) is 0. The smallest absolute Gasteiger partial charge is 0.319 e. The van der Waals surface area contributed by atoms with E-state index in [1.165, 1.54) is 25.7 Å². The van der Waals surface area contributed by atoms with Crippen LogP contribution in [0.25, 0.3) is 0 Å². The van der Waals surface area contributed by atoms with E-state index >= 15 is 0 Å². The van der Waals surface area contributed by atoms with Gasteiger partial charge < -0.3 is 4.74 Å². The molecule has 0 amide bonds. The third kappa shape index (κ3) is 4.96. The van der Waals surface area contributed by atoms with Gasteiger partial charge in [-0.25, -0.2) is 0 Å². The fourth-order valence-corrected chi connectivity index (χ4v) is 2.29. The SMILES string of the molecule is [CH2]C([CH2])OC(=O)C1(C(=O)CCCCCCCC)CC1. The Bertz CT molecular complexity index is 303. The van der Waals surface area contributed by atoms with E-state index in [0.29, 0.717) is 19.3 Å². The predicted octanol–water partition coefficient (Wildman–Crippen LogP) is 3.67. The number of rotatable bonds is 10. The van der Waals surface area contributed by atoms with Crippen molar-refractivity contribution >= 4 is 11.8 Å². The fourth-order valence-electron chi connectivity index (χ4n) is 2.29. The Morgan fingerprint density at radius 1 is 1.11 bits per heavy atom. The molecular formula is C16H26O3. The van der Waals surface area contributed by atoms with Gasteiger partial charge in [-0.1, -0.05) is 39.0 Å². The van der Waals surface area contributed by atoms with Gasteiger partial charge in [0.2, 0.25) is 0 Å². The summed E-state index contributed by atoms with van der Waals surface area (Å²) in [5.74, 6) is -0.368. The van der Waals surface area contributed by atoms with Gasteiger partial charge in [0.25, 0.3) is 0 Å². The van der Waals surface area contributed by atoms with Gasteiger partial charge in [-0.15, -0.1) is 0 Å². The summed E-state index contributed by atoms with van der Waals surface area (Å²) >= 11 is 0. The molecule has 0 aliphatic heterocycles. The molecule has 0 aromatic carbocycles. The molecule has 3 nitrogen and oxygen atoms in total. The second-order valence-electron chi connectivity index (χ2n) is 5.55. The Hall–Kier alpha value is -0.860. The van der Waals surface area contributed by atoms with Crippen LogP contribution in [0.3, 0.4) is 0 Å². The van der Waals surface area contributed by atoms with Gasteiger partial charge in [-0.2, -0.15) is 0 Å². The predicted molar refractivity (Wildman–Crippen MR) is 75.3 cm³/mol. The van der Waals surface area contributed by atoms with Crippen molar-refractivity contribution in [1.29, 1.82) is 0 Å². The van der Waals surface area contributed by atoms with Crippen molar-refractivity contribution < 1.29 is 14.3 Å². The lowest BCUT2D eigenvalue weighted by molar-refractivity contribution is -0.155. The number of carbonyl (C=O) groups is 2. The van der Waals surface area contributed by atoms with Gasteiger partial charge in [-0.05, 0) is 33.1 Å². The van der Waals surface area contributed by atoms with E-state index in [4.69, 9.17) is 4.74 Å². The van der Waals surface area contributed by atoms with E-state index in [1.54, 1.807) is 0 Å². The first-order valence-corrected chi connectivity index (χ1v) is 7.43. The average molecular weight is 266 g/mol. The first kappa shape index (κ1) is 16.2. The van der Waals surface area contributed by atoms with Crippen LogP contribution >= 0.6 is 0 Å². The van der Waals surface area contributed by atoms with Crippen LogP contribution in [0.15, 0.2) is 0 Å². The number of unbranched alkanes of at least 4 members (excludes halogenated alkanes) is 5. The van der Waals surface area contributed by atoms with E-state index in [-0.39, 0.29) is 5.78 Å². The van der Waals surface area contributed by atoms with Crippen molar-refractivity contribution in [1.82, 2.24) is 0 Å². The molecule has 0 spiro atoms. The molecule has 1 saturated carbocycles. The van der Waals surface area contributed by atoms with Crippen molar-refractivity contribution in [3.05, 3.63) is 13.8 Å². The molecule has 1 rings (SSSR count).